The van der Waals surface area contributed by atoms with E-state index >= 15 is 0 Å². The first kappa shape index (κ1) is 15.5. The summed E-state index contributed by atoms with van der Waals surface area (Å²) in [4.78, 5) is 10.7. The molecule has 0 amide bonds. The predicted octanol–water partition coefficient (Wildman–Crippen LogP) is 1.06. The number of sulfonamides is 1. The first-order chi connectivity index (χ1) is 8.69. The van der Waals surface area contributed by atoms with Crippen LogP contribution in [0.4, 0.5) is 0 Å². The molecule has 0 aliphatic rings. The van der Waals surface area contributed by atoms with Gasteiger partial charge in [0, 0.05) is 0 Å². The SMILES string of the molecule is COc1cc(C)c(C)cc1S(=O)(=O)N[C@@H](C)C(=O)O. The van der Waals surface area contributed by atoms with Gasteiger partial charge in [0.25, 0.3) is 0 Å². The van der Waals surface area contributed by atoms with Crippen molar-refractivity contribution in [2.45, 2.75) is 31.7 Å². The average Bonchev–Trinajstić information content (AvgIpc) is 2.31. The van der Waals surface area contributed by atoms with Crippen LogP contribution in [0.2, 0.25) is 0 Å². The molecule has 6 nitrogen and oxygen atoms in total. The molecule has 0 spiro atoms. The Labute approximate surface area is 112 Å². The second-order valence-electron chi connectivity index (χ2n) is 4.27. The van der Waals surface area contributed by atoms with E-state index < -0.39 is 22.0 Å². The summed E-state index contributed by atoms with van der Waals surface area (Å²) in [6.07, 6.45) is 0. The van der Waals surface area contributed by atoms with Crippen LogP contribution in [0.15, 0.2) is 17.0 Å². The lowest BCUT2D eigenvalue weighted by Crippen LogP contribution is -2.38. The molecule has 2 N–H and O–H groups in total. The van der Waals surface area contributed by atoms with Gasteiger partial charge >= 0.3 is 5.97 Å². The molecular formula is C12H17NO5S. The Morgan fingerprint density at radius 1 is 1.32 bits per heavy atom. The summed E-state index contributed by atoms with van der Waals surface area (Å²) in [6.45, 7) is 4.86. The molecule has 0 aliphatic heterocycles. The summed E-state index contributed by atoms with van der Waals surface area (Å²) in [5.74, 6) is -1.06. The minimum absolute atomic E-state index is 0.0637. The van der Waals surface area contributed by atoms with Crippen molar-refractivity contribution in [3.8, 4) is 5.75 Å². The molecule has 0 radical (unpaired) electrons. The summed E-state index contributed by atoms with van der Waals surface area (Å²) in [7, 11) is -2.58. The Bertz CT molecular complexity index is 594. The second-order valence-corrected chi connectivity index (χ2v) is 5.95. The van der Waals surface area contributed by atoms with Gasteiger partial charge in [-0.15, -0.1) is 0 Å². The Hall–Kier alpha value is -1.60. The molecule has 0 saturated heterocycles. The molecule has 1 aromatic rings. The molecule has 106 valence electrons. The van der Waals surface area contributed by atoms with Crippen molar-refractivity contribution in [3.63, 3.8) is 0 Å². The molecule has 0 bridgehead atoms. The van der Waals surface area contributed by atoms with E-state index in [4.69, 9.17) is 9.84 Å². The van der Waals surface area contributed by atoms with Gasteiger partial charge in [-0.25, -0.2) is 8.42 Å². The van der Waals surface area contributed by atoms with Gasteiger partial charge in [-0.3, -0.25) is 4.79 Å². The monoisotopic (exact) mass is 287 g/mol. The van der Waals surface area contributed by atoms with E-state index in [9.17, 15) is 13.2 Å². The Morgan fingerprint density at radius 2 is 1.84 bits per heavy atom. The maximum atomic E-state index is 12.1. The van der Waals surface area contributed by atoms with Crippen LogP contribution in [0.25, 0.3) is 0 Å². The predicted molar refractivity (Wildman–Crippen MR) is 69.9 cm³/mol. The first-order valence-electron chi connectivity index (χ1n) is 5.59. The van der Waals surface area contributed by atoms with Crippen LogP contribution in [0.5, 0.6) is 5.75 Å². The van der Waals surface area contributed by atoms with Crippen LogP contribution < -0.4 is 9.46 Å². The van der Waals surface area contributed by atoms with Crippen molar-refractivity contribution in [3.05, 3.63) is 23.3 Å². The number of carboxylic acids is 1. The molecule has 19 heavy (non-hydrogen) atoms. The highest BCUT2D eigenvalue weighted by molar-refractivity contribution is 7.89. The van der Waals surface area contributed by atoms with Crippen molar-refractivity contribution in [2.24, 2.45) is 0 Å². The third-order valence-corrected chi connectivity index (χ3v) is 4.33. The average molecular weight is 287 g/mol. The number of aliphatic carboxylic acids is 1. The maximum Gasteiger partial charge on any atom is 0.321 e. The van der Waals surface area contributed by atoms with Gasteiger partial charge in [-0.1, -0.05) is 0 Å². The Balaban J connectivity index is 3.28. The second kappa shape index (κ2) is 5.58. The van der Waals surface area contributed by atoms with E-state index in [2.05, 4.69) is 4.72 Å². The van der Waals surface area contributed by atoms with E-state index in [0.29, 0.717) is 0 Å². The lowest BCUT2D eigenvalue weighted by molar-refractivity contribution is -0.138. The van der Waals surface area contributed by atoms with Crippen LogP contribution in [-0.2, 0) is 14.8 Å². The number of hydrogen-bond donors (Lipinski definition) is 2. The van der Waals surface area contributed by atoms with Gasteiger partial charge in [0.15, 0.2) is 0 Å². The third-order valence-electron chi connectivity index (χ3n) is 2.77. The summed E-state index contributed by atoms with van der Waals surface area (Å²) in [5.41, 5.74) is 1.67. The molecule has 0 heterocycles. The molecule has 7 heteroatoms. The highest BCUT2D eigenvalue weighted by atomic mass is 32.2. The van der Waals surface area contributed by atoms with E-state index in [0.717, 1.165) is 11.1 Å². The summed E-state index contributed by atoms with van der Waals surface area (Å²) < 4.78 is 31.4. The van der Waals surface area contributed by atoms with Gasteiger partial charge in [0.05, 0.1) is 7.11 Å². The fourth-order valence-corrected chi connectivity index (χ4v) is 2.91. The summed E-state index contributed by atoms with van der Waals surface area (Å²) in [6, 6.07) is 1.86. The molecule has 1 aromatic carbocycles. The smallest absolute Gasteiger partial charge is 0.321 e. The number of nitrogens with one attached hydrogen (secondary N) is 1. The Morgan fingerprint density at radius 3 is 2.32 bits per heavy atom. The van der Waals surface area contributed by atoms with E-state index in [1.54, 1.807) is 13.0 Å². The molecule has 0 aliphatic carbocycles. The molecule has 0 aromatic heterocycles. The van der Waals surface area contributed by atoms with Crippen LogP contribution in [0.3, 0.4) is 0 Å². The molecule has 0 fully saturated rings. The number of hydrogen-bond acceptors (Lipinski definition) is 4. The quantitative estimate of drug-likeness (QED) is 0.845. The molecule has 0 saturated carbocycles. The van der Waals surface area contributed by atoms with Gasteiger partial charge in [0.2, 0.25) is 10.0 Å². The lowest BCUT2D eigenvalue weighted by atomic mass is 10.1. The fraction of sp³-hybridized carbons (Fsp3) is 0.417. The Kier molecular flexibility index (Phi) is 4.54. The van der Waals surface area contributed by atoms with Gasteiger partial charge in [-0.2, -0.15) is 4.72 Å². The van der Waals surface area contributed by atoms with Crippen LogP contribution in [0, 0.1) is 13.8 Å². The van der Waals surface area contributed by atoms with Crippen molar-refractivity contribution < 1.29 is 23.1 Å². The van der Waals surface area contributed by atoms with Crippen LogP contribution >= 0.6 is 0 Å². The number of aryl methyl sites for hydroxylation is 2. The molecular weight excluding hydrogens is 270 g/mol. The van der Waals surface area contributed by atoms with Crippen molar-refractivity contribution in [2.75, 3.05) is 7.11 Å². The lowest BCUT2D eigenvalue weighted by Gasteiger charge is -2.14. The van der Waals surface area contributed by atoms with Gasteiger partial charge in [-0.05, 0) is 44.0 Å². The number of benzene rings is 1. The molecule has 1 atom stereocenters. The number of methoxy groups -OCH3 is 1. The maximum absolute atomic E-state index is 12.1. The number of ether oxygens (including phenoxy) is 1. The zero-order valence-electron chi connectivity index (χ0n) is 11.2. The van der Waals surface area contributed by atoms with Crippen LogP contribution in [0.1, 0.15) is 18.1 Å². The largest absolute Gasteiger partial charge is 0.495 e. The van der Waals surface area contributed by atoms with Crippen molar-refractivity contribution >= 4 is 16.0 Å². The topological polar surface area (TPSA) is 92.7 Å². The van der Waals surface area contributed by atoms with Crippen molar-refractivity contribution in [1.82, 2.24) is 4.72 Å². The number of rotatable bonds is 5. The van der Waals surface area contributed by atoms with Gasteiger partial charge < -0.3 is 9.84 Å². The van der Waals surface area contributed by atoms with E-state index in [1.165, 1.54) is 20.1 Å². The molecule has 0 unspecified atom stereocenters. The van der Waals surface area contributed by atoms with Gasteiger partial charge in [0.1, 0.15) is 16.7 Å². The highest BCUT2D eigenvalue weighted by Crippen LogP contribution is 2.27. The summed E-state index contributed by atoms with van der Waals surface area (Å²) in [5, 5.41) is 8.76. The zero-order chi connectivity index (χ0) is 14.8. The normalized spacial score (nSPS) is 13.1. The van der Waals surface area contributed by atoms with E-state index in [1.807, 2.05) is 6.92 Å². The number of carbonyl (C=O) groups is 1. The summed E-state index contributed by atoms with van der Waals surface area (Å²) >= 11 is 0. The zero-order valence-corrected chi connectivity index (χ0v) is 12.0. The fourth-order valence-electron chi connectivity index (χ4n) is 1.48. The molecule has 1 rings (SSSR count). The van der Waals surface area contributed by atoms with E-state index in [-0.39, 0.29) is 10.6 Å². The number of carboxylic acid groups (broad SMARTS) is 1. The standard InChI is InChI=1S/C12H17NO5S/c1-7-5-10(18-4)11(6-8(7)2)19(16,17)13-9(3)12(14)15/h5-6,9,13H,1-4H3,(H,14,15)/t9-/m0/s1. The first-order valence-corrected chi connectivity index (χ1v) is 7.07. The van der Waals surface area contributed by atoms with Crippen LogP contribution in [-0.4, -0.2) is 32.6 Å². The third kappa shape index (κ3) is 3.45. The minimum atomic E-state index is -3.94. The van der Waals surface area contributed by atoms with Crippen molar-refractivity contribution in [1.29, 1.82) is 0 Å². The minimum Gasteiger partial charge on any atom is -0.495 e. The highest BCUT2D eigenvalue weighted by Gasteiger charge is 2.25.